The van der Waals surface area contributed by atoms with Gasteiger partial charge in [0.1, 0.15) is 0 Å². The Bertz CT molecular complexity index is 844. The van der Waals surface area contributed by atoms with E-state index in [9.17, 15) is 5.11 Å². The Morgan fingerprint density at radius 1 is 0.446 bits per heavy atom. The summed E-state index contributed by atoms with van der Waals surface area (Å²) in [6.07, 6.45) is 58.6. The summed E-state index contributed by atoms with van der Waals surface area (Å²) in [6, 6.07) is 0. The van der Waals surface area contributed by atoms with Crippen molar-refractivity contribution < 1.29 is 14.6 Å². The molecule has 0 spiro atoms. The van der Waals surface area contributed by atoms with E-state index in [0.29, 0.717) is 11.5 Å². The molecule has 3 unspecified atom stereocenters. The van der Waals surface area contributed by atoms with Crippen molar-refractivity contribution in [3.63, 3.8) is 0 Å². The zero-order valence-electron chi connectivity index (χ0n) is 38.6. The minimum atomic E-state index is -0.000599. The quantitative estimate of drug-likeness (QED) is 0.0650. The monoisotopic (exact) mass is 787 g/mol. The highest BCUT2D eigenvalue weighted by Crippen LogP contribution is 2.42. The van der Waals surface area contributed by atoms with E-state index >= 15 is 0 Å². The summed E-state index contributed by atoms with van der Waals surface area (Å²) in [5.74, 6) is 3.48. The van der Waals surface area contributed by atoms with Crippen LogP contribution in [0, 0.1) is 29.1 Å². The van der Waals surface area contributed by atoms with Crippen LogP contribution in [0.15, 0.2) is 0 Å². The second kappa shape index (κ2) is 33.6. The molecule has 3 aliphatic rings. The Labute approximate surface area is 352 Å². The van der Waals surface area contributed by atoms with Crippen LogP contribution in [0.5, 0.6) is 0 Å². The maximum atomic E-state index is 9.82. The minimum absolute atomic E-state index is 0.000599. The second-order valence-corrected chi connectivity index (χ2v) is 20.6. The molecule has 56 heavy (non-hydrogen) atoms. The van der Waals surface area contributed by atoms with Gasteiger partial charge in [0.25, 0.3) is 0 Å². The molecule has 0 bridgehead atoms. The molecule has 3 heteroatoms. The molecule has 3 fully saturated rings. The largest absolute Gasteiger partial charge is 0.393 e. The third-order valence-corrected chi connectivity index (χ3v) is 15.5. The van der Waals surface area contributed by atoms with Crippen molar-refractivity contribution in [1.29, 1.82) is 0 Å². The van der Waals surface area contributed by atoms with E-state index < -0.39 is 0 Å². The molecule has 1 heterocycles. The molecule has 3 nitrogen and oxygen atoms in total. The number of hydrogen-bond acceptors (Lipinski definition) is 3. The van der Waals surface area contributed by atoms with Crippen LogP contribution in [0.1, 0.15) is 277 Å². The maximum Gasteiger partial charge on any atom is 0.0571 e. The number of rotatable bonds is 35. The van der Waals surface area contributed by atoms with E-state index in [1.54, 1.807) is 0 Å². The average molecular weight is 787 g/mol. The van der Waals surface area contributed by atoms with Gasteiger partial charge in [-0.25, -0.2) is 0 Å². The van der Waals surface area contributed by atoms with Gasteiger partial charge < -0.3 is 14.6 Å². The van der Waals surface area contributed by atoms with E-state index in [0.717, 1.165) is 49.7 Å². The van der Waals surface area contributed by atoms with Crippen molar-refractivity contribution in [3.8, 4) is 0 Å². The zero-order chi connectivity index (χ0) is 39.8. The SMILES string of the molecule is CCCCCC(CCCCCCCCCC1CCC(O)CC1)(CCCCCCCCCC1CCC(OC)CC1)CCCCCCCCCC1CCC(C)COC1. The van der Waals surface area contributed by atoms with Gasteiger partial charge >= 0.3 is 0 Å². The molecule has 0 aromatic heterocycles. The number of hydrogen-bond donors (Lipinski definition) is 1. The lowest BCUT2D eigenvalue weighted by molar-refractivity contribution is 0.0551. The smallest absolute Gasteiger partial charge is 0.0571 e. The van der Waals surface area contributed by atoms with Crippen molar-refractivity contribution in [1.82, 2.24) is 0 Å². The molecular weight excluding hydrogens is 685 g/mol. The summed E-state index contributed by atoms with van der Waals surface area (Å²) in [4.78, 5) is 0. The minimum Gasteiger partial charge on any atom is -0.393 e. The number of methoxy groups -OCH3 is 1. The Morgan fingerprint density at radius 2 is 0.821 bits per heavy atom. The Balaban J connectivity index is 1.32. The molecule has 3 atom stereocenters. The first-order valence-electron chi connectivity index (χ1n) is 26.3. The van der Waals surface area contributed by atoms with Crippen molar-refractivity contribution >= 4 is 0 Å². The summed E-state index contributed by atoms with van der Waals surface area (Å²) in [6.45, 7) is 6.77. The van der Waals surface area contributed by atoms with E-state index in [-0.39, 0.29) is 6.10 Å². The van der Waals surface area contributed by atoms with Crippen molar-refractivity contribution in [3.05, 3.63) is 0 Å². The average Bonchev–Trinajstić information content (AvgIpc) is 3.43. The lowest BCUT2D eigenvalue weighted by Gasteiger charge is -2.35. The van der Waals surface area contributed by atoms with Crippen molar-refractivity contribution in [2.24, 2.45) is 29.1 Å². The highest BCUT2D eigenvalue weighted by Gasteiger charge is 2.28. The third-order valence-electron chi connectivity index (χ3n) is 15.5. The van der Waals surface area contributed by atoms with Gasteiger partial charge in [0, 0.05) is 20.3 Å². The van der Waals surface area contributed by atoms with E-state index in [1.807, 2.05) is 7.11 Å². The molecule has 2 saturated carbocycles. The summed E-state index contributed by atoms with van der Waals surface area (Å²) in [7, 11) is 1.90. The fraction of sp³-hybridized carbons (Fsp3) is 1.00. The van der Waals surface area contributed by atoms with Crippen LogP contribution in [0.3, 0.4) is 0 Å². The highest BCUT2D eigenvalue weighted by molar-refractivity contribution is 4.81. The van der Waals surface area contributed by atoms with Crippen LogP contribution in [0.2, 0.25) is 0 Å². The molecule has 0 amide bonds. The summed E-state index contributed by atoms with van der Waals surface area (Å²) >= 11 is 0. The predicted molar refractivity (Wildman–Crippen MR) is 245 cm³/mol. The standard InChI is InChI=1S/C53H102O3/c1-4-5-24-41-53(42-25-18-12-6-9-15-21-28-48-33-37-51(54)38-34-48,43-26-19-13-7-10-16-22-29-49-35-39-52(55-3)40-36-49)44-27-20-14-8-11-17-23-30-50-32-31-47(2)45-56-46-50/h47-52,54H,4-46H2,1-3H3. The van der Waals surface area contributed by atoms with Gasteiger partial charge in [-0.1, -0.05) is 181 Å². The number of aliphatic hydroxyl groups is 1. The van der Waals surface area contributed by atoms with Gasteiger partial charge in [-0.05, 0) is 125 Å². The lowest BCUT2D eigenvalue weighted by atomic mass is 9.70. The van der Waals surface area contributed by atoms with Gasteiger partial charge in [-0.2, -0.15) is 0 Å². The van der Waals surface area contributed by atoms with Crippen LogP contribution in [-0.4, -0.2) is 37.6 Å². The summed E-state index contributed by atoms with van der Waals surface area (Å²) in [5, 5.41) is 9.82. The number of aliphatic hydroxyl groups excluding tert-OH is 1. The molecule has 0 aromatic carbocycles. The first-order chi connectivity index (χ1) is 27.5. The first kappa shape index (κ1) is 50.2. The first-order valence-corrected chi connectivity index (χ1v) is 26.3. The Morgan fingerprint density at radius 3 is 1.27 bits per heavy atom. The molecule has 3 rings (SSSR count). The molecule has 1 N–H and O–H groups in total. The molecule has 1 saturated heterocycles. The molecule has 1 aliphatic heterocycles. The van der Waals surface area contributed by atoms with Crippen molar-refractivity contribution in [2.75, 3.05) is 20.3 Å². The lowest BCUT2D eigenvalue weighted by Crippen LogP contribution is -2.21. The normalized spacial score (nSPS) is 25.9. The van der Waals surface area contributed by atoms with E-state index in [4.69, 9.17) is 9.47 Å². The fourth-order valence-corrected chi connectivity index (χ4v) is 11.4. The third kappa shape index (κ3) is 24.8. The number of unbranched alkanes of at least 4 members (excludes halogenated alkanes) is 20. The maximum absolute atomic E-state index is 9.82. The van der Waals surface area contributed by atoms with Crippen molar-refractivity contribution in [2.45, 2.75) is 289 Å². The van der Waals surface area contributed by atoms with Crippen LogP contribution >= 0.6 is 0 Å². The topological polar surface area (TPSA) is 38.7 Å². The highest BCUT2D eigenvalue weighted by atomic mass is 16.5. The van der Waals surface area contributed by atoms with Crippen LogP contribution in [0.4, 0.5) is 0 Å². The molecule has 332 valence electrons. The van der Waals surface area contributed by atoms with Gasteiger partial charge in [0.2, 0.25) is 0 Å². The van der Waals surface area contributed by atoms with E-state index in [1.165, 1.54) is 250 Å². The summed E-state index contributed by atoms with van der Waals surface area (Å²) < 4.78 is 11.5. The molecule has 2 aliphatic carbocycles. The van der Waals surface area contributed by atoms with Gasteiger partial charge in [0.05, 0.1) is 12.2 Å². The van der Waals surface area contributed by atoms with Gasteiger partial charge in [-0.3, -0.25) is 0 Å². The van der Waals surface area contributed by atoms with Gasteiger partial charge in [0.15, 0.2) is 0 Å². The van der Waals surface area contributed by atoms with Crippen LogP contribution in [-0.2, 0) is 9.47 Å². The Kier molecular flexibility index (Phi) is 30.1. The Hall–Kier alpha value is -0.120. The van der Waals surface area contributed by atoms with Gasteiger partial charge in [-0.15, -0.1) is 0 Å². The molecule has 0 radical (unpaired) electrons. The zero-order valence-corrected chi connectivity index (χ0v) is 38.6. The predicted octanol–water partition coefficient (Wildman–Crippen LogP) is 16.9. The molecule has 0 aromatic rings. The molecular formula is C53H102O3. The number of ether oxygens (including phenoxy) is 2. The van der Waals surface area contributed by atoms with E-state index in [2.05, 4.69) is 13.8 Å². The second-order valence-electron chi connectivity index (χ2n) is 20.6. The fourth-order valence-electron chi connectivity index (χ4n) is 11.4. The van der Waals surface area contributed by atoms with Crippen LogP contribution < -0.4 is 0 Å². The van der Waals surface area contributed by atoms with Crippen LogP contribution in [0.25, 0.3) is 0 Å². The summed E-state index contributed by atoms with van der Waals surface area (Å²) in [5.41, 5.74) is 0.628.